The third-order valence-electron chi connectivity index (χ3n) is 2.32. The molecule has 0 aliphatic heterocycles. The number of nitrogens with zero attached hydrogens (tertiary/aromatic N) is 1. The van der Waals surface area contributed by atoms with Crippen LogP contribution in [0.25, 0.3) is 0 Å². The number of oxime groups is 1. The molecule has 100 valence electrons. The Balaban J connectivity index is 2.96. The number of benzene rings is 1. The van der Waals surface area contributed by atoms with Crippen LogP contribution < -0.4 is 9.47 Å². The van der Waals surface area contributed by atoms with Crippen molar-refractivity contribution in [1.29, 1.82) is 0 Å². The molecular formula is C13H18BrNO3. The second-order valence-corrected chi connectivity index (χ2v) is 4.55. The van der Waals surface area contributed by atoms with Crippen LogP contribution >= 0.6 is 15.9 Å². The standard InChI is InChI=1S/C13H18BrNO3/c1-3-5-6-18-13-8-11(14)10(9-15-16)7-12(13)17-4-2/h7-9,16H,3-6H2,1-2H3. The fourth-order valence-corrected chi connectivity index (χ4v) is 1.84. The Labute approximate surface area is 116 Å². The first-order chi connectivity index (χ1) is 8.72. The Morgan fingerprint density at radius 2 is 2.00 bits per heavy atom. The Kier molecular flexibility index (Phi) is 6.57. The predicted octanol–water partition coefficient (Wildman–Crippen LogP) is 3.83. The van der Waals surface area contributed by atoms with Gasteiger partial charge in [-0.25, -0.2) is 0 Å². The molecule has 0 saturated carbocycles. The monoisotopic (exact) mass is 315 g/mol. The van der Waals surface area contributed by atoms with E-state index in [0.29, 0.717) is 24.7 Å². The predicted molar refractivity (Wildman–Crippen MR) is 75.1 cm³/mol. The highest BCUT2D eigenvalue weighted by atomic mass is 79.9. The highest BCUT2D eigenvalue weighted by Gasteiger charge is 2.09. The van der Waals surface area contributed by atoms with Gasteiger partial charge in [-0.1, -0.05) is 18.5 Å². The molecule has 0 fully saturated rings. The molecule has 4 nitrogen and oxygen atoms in total. The van der Waals surface area contributed by atoms with Crippen molar-refractivity contribution in [2.24, 2.45) is 5.16 Å². The van der Waals surface area contributed by atoms with Gasteiger partial charge in [0.1, 0.15) is 0 Å². The summed E-state index contributed by atoms with van der Waals surface area (Å²) in [5.41, 5.74) is 0.740. The Bertz CT molecular complexity index is 407. The lowest BCUT2D eigenvalue weighted by atomic mass is 10.2. The fraction of sp³-hybridized carbons (Fsp3) is 0.462. The zero-order valence-corrected chi connectivity index (χ0v) is 12.2. The number of hydrogen-bond acceptors (Lipinski definition) is 4. The third kappa shape index (κ3) is 4.22. The molecule has 0 unspecified atom stereocenters. The van der Waals surface area contributed by atoms with E-state index in [1.807, 2.05) is 13.0 Å². The van der Waals surface area contributed by atoms with Crippen molar-refractivity contribution < 1.29 is 14.7 Å². The summed E-state index contributed by atoms with van der Waals surface area (Å²) in [6, 6.07) is 3.62. The summed E-state index contributed by atoms with van der Waals surface area (Å²) < 4.78 is 12.0. The fourth-order valence-electron chi connectivity index (χ4n) is 1.42. The van der Waals surface area contributed by atoms with Gasteiger partial charge in [0.05, 0.1) is 19.4 Å². The summed E-state index contributed by atoms with van der Waals surface area (Å²) in [4.78, 5) is 0. The lowest BCUT2D eigenvalue weighted by Crippen LogP contribution is -2.02. The van der Waals surface area contributed by atoms with Gasteiger partial charge in [0.25, 0.3) is 0 Å². The quantitative estimate of drug-likeness (QED) is 0.360. The van der Waals surface area contributed by atoms with Crippen LogP contribution in [0.2, 0.25) is 0 Å². The van der Waals surface area contributed by atoms with E-state index in [-0.39, 0.29) is 0 Å². The summed E-state index contributed by atoms with van der Waals surface area (Å²) in [6.45, 7) is 5.25. The van der Waals surface area contributed by atoms with Crippen LogP contribution in [0, 0.1) is 0 Å². The molecule has 1 rings (SSSR count). The van der Waals surface area contributed by atoms with Crippen LogP contribution in [0.5, 0.6) is 11.5 Å². The van der Waals surface area contributed by atoms with E-state index in [2.05, 4.69) is 28.0 Å². The van der Waals surface area contributed by atoms with E-state index in [4.69, 9.17) is 14.7 Å². The molecule has 0 spiro atoms. The number of rotatable bonds is 7. The summed E-state index contributed by atoms with van der Waals surface area (Å²) in [5.74, 6) is 1.36. The molecule has 0 bridgehead atoms. The average molecular weight is 316 g/mol. The maximum atomic E-state index is 8.58. The second kappa shape index (κ2) is 7.97. The van der Waals surface area contributed by atoms with Crippen LogP contribution in [0.3, 0.4) is 0 Å². The van der Waals surface area contributed by atoms with Crippen LogP contribution in [-0.2, 0) is 0 Å². The molecule has 0 aliphatic rings. The van der Waals surface area contributed by atoms with Crippen molar-refractivity contribution in [3.05, 3.63) is 22.2 Å². The summed E-state index contributed by atoms with van der Waals surface area (Å²) >= 11 is 3.40. The highest BCUT2D eigenvalue weighted by Crippen LogP contribution is 2.33. The third-order valence-corrected chi connectivity index (χ3v) is 3.00. The van der Waals surface area contributed by atoms with Gasteiger partial charge in [-0.05, 0) is 41.4 Å². The smallest absolute Gasteiger partial charge is 0.162 e. The molecule has 0 saturated heterocycles. The summed E-state index contributed by atoms with van der Waals surface area (Å²) in [6.07, 6.45) is 3.44. The lowest BCUT2D eigenvalue weighted by molar-refractivity contribution is 0.272. The maximum absolute atomic E-state index is 8.58. The number of ether oxygens (including phenoxy) is 2. The number of unbranched alkanes of at least 4 members (excludes halogenated alkanes) is 1. The van der Waals surface area contributed by atoms with Crippen molar-refractivity contribution in [3.8, 4) is 11.5 Å². The van der Waals surface area contributed by atoms with Crippen LogP contribution in [-0.4, -0.2) is 24.6 Å². The number of hydrogen-bond donors (Lipinski definition) is 1. The topological polar surface area (TPSA) is 51.0 Å². The lowest BCUT2D eigenvalue weighted by Gasteiger charge is -2.13. The van der Waals surface area contributed by atoms with Crippen molar-refractivity contribution in [1.82, 2.24) is 0 Å². The first-order valence-corrected chi connectivity index (χ1v) is 6.78. The van der Waals surface area contributed by atoms with Crippen molar-refractivity contribution in [2.45, 2.75) is 26.7 Å². The Morgan fingerprint density at radius 1 is 1.28 bits per heavy atom. The highest BCUT2D eigenvalue weighted by molar-refractivity contribution is 9.10. The van der Waals surface area contributed by atoms with Crippen molar-refractivity contribution in [2.75, 3.05) is 13.2 Å². The molecule has 1 N–H and O–H groups in total. The van der Waals surface area contributed by atoms with E-state index in [9.17, 15) is 0 Å². The van der Waals surface area contributed by atoms with Crippen molar-refractivity contribution in [3.63, 3.8) is 0 Å². The Morgan fingerprint density at radius 3 is 2.61 bits per heavy atom. The molecular weight excluding hydrogens is 298 g/mol. The first kappa shape index (κ1) is 14.8. The van der Waals surface area contributed by atoms with E-state index in [0.717, 1.165) is 22.9 Å². The molecule has 1 aromatic carbocycles. The minimum absolute atomic E-state index is 0.557. The first-order valence-electron chi connectivity index (χ1n) is 5.99. The van der Waals surface area contributed by atoms with Gasteiger partial charge < -0.3 is 14.7 Å². The Hall–Kier alpha value is -1.23. The molecule has 0 aromatic heterocycles. The van der Waals surface area contributed by atoms with E-state index in [1.54, 1.807) is 6.07 Å². The van der Waals surface area contributed by atoms with Crippen LogP contribution in [0.1, 0.15) is 32.3 Å². The maximum Gasteiger partial charge on any atom is 0.162 e. The van der Waals surface area contributed by atoms with Gasteiger partial charge in [-0.2, -0.15) is 0 Å². The average Bonchev–Trinajstić information content (AvgIpc) is 2.35. The molecule has 0 radical (unpaired) electrons. The minimum Gasteiger partial charge on any atom is -0.490 e. The zero-order valence-electron chi connectivity index (χ0n) is 10.6. The SMILES string of the molecule is CCCCOc1cc(Br)c(C=NO)cc1OCC. The summed E-state index contributed by atoms with van der Waals surface area (Å²) in [7, 11) is 0. The summed E-state index contributed by atoms with van der Waals surface area (Å²) in [5, 5.41) is 11.6. The molecule has 5 heteroatoms. The molecule has 0 atom stereocenters. The van der Waals surface area contributed by atoms with Gasteiger partial charge in [0.15, 0.2) is 11.5 Å². The van der Waals surface area contributed by atoms with Gasteiger partial charge in [-0.15, -0.1) is 0 Å². The van der Waals surface area contributed by atoms with E-state index in [1.165, 1.54) is 6.21 Å². The molecule has 0 amide bonds. The van der Waals surface area contributed by atoms with Gasteiger partial charge in [-0.3, -0.25) is 0 Å². The second-order valence-electron chi connectivity index (χ2n) is 3.70. The number of halogens is 1. The normalized spacial score (nSPS) is 10.8. The largest absolute Gasteiger partial charge is 0.490 e. The van der Waals surface area contributed by atoms with Gasteiger partial charge in [0, 0.05) is 10.0 Å². The van der Waals surface area contributed by atoms with Crippen LogP contribution in [0.15, 0.2) is 21.8 Å². The van der Waals surface area contributed by atoms with Gasteiger partial charge in [0.2, 0.25) is 0 Å². The molecule has 18 heavy (non-hydrogen) atoms. The molecule has 1 aromatic rings. The molecule has 0 aliphatic carbocycles. The van der Waals surface area contributed by atoms with Crippen molar-refractivity contribution >= 4 is 22.1 Å². The zero-order chi connectivity index (χ0) is 13.4. The van der Waals surface area contributed by atoms with E-state index < -0.39 is 0 Å². The molecule has 0 heterocycles. The van der Waals surface area contributed by atoms with E-state index >= 15 is 0 Å². The van der Waals surface area contributed by atoms with Gasteiger partial charge >= 0.3 is 0 Å². The minimum atomic E-state index is 0.557. The van der Waals surface area contributed by atoms with Crippen LogP contribution in [0.4, 0.5) is 0 Å².